The summed E-state index contributed by atoms with van der Waals surface area (Å²) in [5.74, 6) is 0.216. The fraction of sp³-hybridized carbons (Fsp3) is 0.571. The first-order valence-corrected chi connectivity index (χ1v) is 10.1. The number of carbonyl (C=O) groups excluding carboxylic acids is 1. The van der Waals surface area contributed by atoms with Crippen LogP contribution >= 0.6 is 0 Å². The highest BCUT2D eigenvalue weighted by Crippen LogP contribution is 2.22. The van der Waals surface area contributed by atoms with Crippen molar-refractivity contribution in [2.75, 3.05) is 32.8 Å². The molecule has 1 fully saturated rings. The standard InChI is InChI=1S/C21H31N5O3/c1-21(2,3)25-11-9-24(10-12-25)20(29)19(14-16-4-6-18(28)7-5-16)26-15-17(8-13-27)22-23-26/h4-7,15,19,27-28H,8-14H2,1-3H3/t19-/m0/s1. The second-order valence-electron chi connectivity index (χ2n) is 8.53. The van der Waals surface area contributed by atoms with E-state index in [2.05, 4.69) is 36.0 Å². The quantitative estimate of drug-likeness (QED) is 0.756. The van der Waals surface area contributed by atoms with Crippen molar-refractivity contribution in [3.05, 3.63) is 41.7 Å². The molecule has 0 unspecified atom stereocenters. The molecular weight excluding hydrogens is 370 g/mol. The van der Waals surface area contributed by atoms with E-state index >= 15 is 0 Å². The zero-order valence-electron chi connectivity index (χ0n) is 17.5. The Morgan fingerprint density at radius 2 is 1.79 bits per heavy atom. The predicted molar refractivity (Wildman–Crippen MR) is 110 cm³/mol. The molecule has 1 atom stereocenters. The van der Waals surface area contributed by atoms with Crippen LogP contribution in [0.4, 0.5) is 0 Å². The largest absolute Gasteiger partial charge is 0.508 e. The topological polar surface area (TPSA) is 94.7 Å². The Hall–Kier alpha value is -2.45. The van der Waals surface area contributed by atoms with Gasteiger partial charge in [-0.2, -0.15) is 0 Å². The number of piperazine rings is 1. The van der Waals surface area contributed by atoms with Gasteiger partial charge in [-0.05, 0) is 38.5 Å². The number of benzene rings is 1. The summed E-state index contributed by atoms with van der Waals surface area (Å²) in [4.78, 5) is 17.7. The lowest BCUT2D eigenvalue weighted by molar-refractivity contribution is -0.137. The minimum Gasteiger partial charge on any atom is -0.508 e. The summed E-state index contributed by atoms with van der Waals surface area (Å²) in [5, 5.41) is 27.0. The van der Waals surface area contributed by atoms with Crippen LogP contribution in [-0.2, 0) is 17.6 Å². The molecule has 2 aromatic rings. The van der Waals surface area contributed by atoms with Crippen LogP contribution in [0, 0.1) is 0 Å². The van der Waals surface area contributed by atoms with Gasteiger partial charge < -0.3 is 15.1 Å². The van der Waals surface area contributed by atoms with Gasteiger partial charge in [0.05, 0.1) is 5.69 Å². The van der Waals surface area contributed by atoms with E-state index in [0.29, 0.717) is 31.6 Å². The van der Waals surface area contributed by atoms with E-state index in [1.807, 2.05) is 17.0 Å². The maximum absolute atomic E-state index is 13.4. The first kappa shape index (κ1) is 21.3. The van der Waals surface area contributed by atoms with Crippen molar-refractivity contribution < 1.29 is 15.0 Å². The maximum atomic E-state index is 13.4. The van der Waals surface area contributed by atoms with E-state index in [9.17, 15) is 9.90 Å². The van der Waals surface area contributed by atoms with E-state index in [0.717, 1.165) is 18.7 Å². The van der Waals surface area contributed by atoms with Gasteiger partial charge in [0.1, 0.15) is 11.8 Å². The van der Waals surface area contributed by atoms with Gasteiger partial charge in [0.25, 0.3) is 0 Å². The molecule has 1 aromatic heterocycles. The highest BCUT2D eigenvalue weighted by atomic mass is 16.3. The summed E-state index contributed by atoms with van der Waals surface area (Å²) in [6.45, 7) is 9.61. The molecule has 0 aliphatic carbocycles. The number of phenols is 1. The molecule has 2 N–H and O–H groups in total. The van der Waals surface area contributed by atoms with Gasteiger partial charge in [-0.3, -0.25) is 9.69 Å². The fourth-order valence-corrected chi connectivity index (χ4v) is 3.65. The molecule has 1 aliphatic heterocycles. The van der Waals surface area contributed by atoms with Crippen molar-refractivity contribution in [1.82, 2.24) is 24.8 Å². The average molecular weight is 402 g/mol. The highest BCUT2D eigenvalue weighted by Gasteiger charge is 2.32. The number of hydrogen-bond donors (Lipinski definition) is 2. The molecule has 2 heterocycles. The second-order valence-corrected chi connectivity index (χ2v) is 8.53. The Balaban J connectivity index is 1.78. The molecule has 0 spiro atoms. The Labute approximate surface area is 171 Å². The number of carbonyl (C=O) groups is 1. The molecule has 8 nitrogen and oxygen atoms in total. The normalized spacial score (nSPS) is 16.8. The van der Waals surface area contributed by atoms with Crippen molar-refractivity contribution in [3.8, 4) is 5.75 Å². The van der Waals surface area contributed by atoms with E-state index in [1.54, 1.807) is 23.0 Å². The first-order chi connectivity index (χ1) is 13.8. The fourth-order valence-electron chi connectivity index (χ4n) is 3.65. The molecule has 1 aliphatic rings. The summed E-state index contributed by atoms with van der Waals surface area (Å²) >= 11 is 0. The molecule has 29 heavy (non-hydrogen) atoms. The van der Waals surface area contributed by atoms with E-state index in [1.165, 1.54) is 0 Å². The van der Waals surface area contributed by atoms with Crippen molar-refractivity contribution in [1.29, 1.82) is 0 Å². The van der Waals surface area contributed by atoms with E-state index < -0.39 is 6.04 Å². The van der Waals surface area contributed by atoms with Crippen LogP contribution < -0.4 is 0 Å². The number of phenolic OH excluding ortho intramolecular Hbond substituents is 1. The Kier molecular flexibility index (Phi) is 6.54. The van der Waals surface area contributed by atoms with E-state index in [-0.39, 0.29) is 23.8 Å². The molecule has 1 amide bonds. The van der Waals surface area contributed by atoms with Gasteiger partial charge >= 0.3 is 0 Å². The maximum Gasteiger partial charge on any atom is 0.247 e. The van der Waals surface area contributed by atoms with Crippen LogP contribution in [0.5, 0.6) is 5.75 Å². The molecular formula is C21H31N5O3. The Bertz CT molecular complexity index is 804. The SMILES string of the molecule is CC(C)(C)N1CCN(C(=O)[C@H](Cc2ccc(O)cc2)n2cc(CCO)nn2)CC1. The van der Waals surface area contributed by atoms with Gasteiger partial charge in [0, 0.05) is 57.4 Å². The van der Waals surface area contributed by atoms with Gasteiger partial charge in [-0.1, -0.05) is 17.3 Å². The van der Waals surface area contributed by atoms with Crippen molar-refractivity contribution in [2.24, 2.45) is 0 Å². The summed E-state index contributed by atoms with van der Waals surface area (Å²) in [5.41, 5.74) is 1.69. The number of amides is 1. The minimum absolute atomic E-state index is 0.00989. The summed E-state index contributed by atoms with van der Waals surface area (Å²) in [6.07, 6.45) is 2.61. The minimum atomic E-state index is -0.513. The summed E-state index contributed by atoms with van der Waals surface area (Å²) in [7, 11) is 0. The zero-order chi connectivity index (χ0) is 21.0. The third kappa shape index (κ3) is 5.33. The van der Waals surface area contributed by atoms with Crippen molar-refractivity contribution in [3.63, 3.8) is 0 Å². The predicted octanol–water partition coefficient (Wildman–Crippen LogP) is 1.24. The molecule has 158 valence electrons. The van der Waals surface area contributed by atoms with Crippen LogP contribution in [0.2, 0.25) is 0 Å². The molecule has 3 rings (SSSR count). The van der Waals surface area contributed by atoms with Crippen LogP contribution in [-0.4, -0.2) is 79.2 Å². The molecule has 1 saturated heterocycles. The first-order valence-electron chi connectivity index (χ1n) is 10.1. The summed E-state index contributed by atoms with van der Waals surface area (Å²) in [6, 6.07) is 6.37. The number of aromatic nitrogens is 3. The number of aliphatic hydroxyl groups is 1. The lowest BCUT2D eigenvalue weighted by Gasteiger charge is -2.42. The van der Waals surface area contributed by atoms with Crippen LogP contribution in [0.25, 0.3) is 0 Å². The highest BCUT2D eigenvalue weighted by molar-refractivity contribution is 5.80. The second kappa shape index (κ2) is 8.92. The van der Waals surface area contributed by atoms with Crippen molar-refractivity contribution in [2.45, 2.75) is 45.2 Å². The number of nitrogens with zero attached hydrogens (tertiary/aromatic N) is 5. The van der Waals surface area contributed by atoms with Gasteiger partial charge in [-0.15, -0.1) is 5.10 Å². The van der Waals surface area contributed by atoms with Gasteiger partial charge in [0.15, 0.2) is 0 Å². The van der Waals surface area contributed by atoms with Crippen molar-refractivity contribution >= 4 is 5.91 Å². The van der Waals surface area contributed by atoms with E-state index in [4.69, 9.17) is 5.11 Å². The van der Waals surface area contributed by atoms with Crippen LogP contribution in [0.3, 0.4) is 0 Å². The number of aliphatic hydroxyl groups excluding tert-OH is 1. The zero-order valence-corrected chi connectivity index (χ0v) is 17.5. The molecule has 0 radical (unpaired) electrons. The lowest BCUT2D eigenvalue weighted by atomic mass is 10.0. The molecule has 1 aromatic carbocycles. The lowest BCUT2D eigenvalue weighted by Crippen LogP contribution is -2.55. The smallest absolute Gasteiger partial charge is 0.247 e. The summed E-state index contributed by atoms with van der Waals surface area (Å²) < 4.78 is 1.61. The Morgan fingerprint density at radius 3 is 2.38 bits per heavy atom. The van der Waals surface area contributed by atoms with Gasteiger partial charge in [0.2, 0.25) is 5.91 Å². The third-order valence-corrected chi connectivity index (χ3v) is 5.44. The van der Waals surface area contributed by atoms with Crippen LogP contribution in [0.15, 0.2) is 30.5 Å². The molecule has 0 saturated carbocycles. The Morgan fingerprint density at radius 1 is 1.14 bits per heavy atom. The molecule has 0 bridgehead atoms. The van der Waals surface area contributed by atoms with Gasteiger partial charge in [-0.25, -0.2) is 4.68 Å². The number of aromatic hydroxyl groups is 1. The average Bonchev–Trinajstić information content (AvgIpc) is 3.15. The monoisotopic (exact) mass is 401 g/mol. The third-order valence-electron chi connectivity index (χ3n) is 5.44. The number of hydrogen-bond acceptors (Lipinski definition) is 6. The number of rotatable bonds is 6. The molecule has 8 heteroatoms. The van der Waals surface area contributed by atoms with Crippen LogP contribution in [0.1, 0.15) is 38.1 Å².